The van der Waals surface area contributed by atoms with E-state index >= 15 is 0 Å². The summed E-state index contributed by atoms with van der Waals surface area (Å²) < 4.78 is 11.2. The second-order valence-corrected chi connectivity index (χ2v) is 5.94. The van der Waals surface area contributed by atoms with Gasteiger partial charge in [-0.3, -0.25) is 0 Å². The first kappa shape index (κ1) is 16.4. The molecule has 0 heterocycles. The molecule has 0 aliphatic rings. The Morgan fingerprint density at radius 3 is 2.29 bits per heavy atom. The monoisotopic (exact) mass is 390 g/mol. The minimum absolute atomic E-state index is 0.321. The summed E-state index contributed by atoms with van der Waals surface area (Å²) in [7, 11) is 3.01. The van der Waals surface area contributed by atoms with Crippen LogP contribution in [0, 0.1) is 0 Å². The van der Waals surface area contributed by atoms with Crippen LogP contribution in [0.25, 0.3) is 0 Å². The fourth-order valence-corrected chi connectivity index (χ4v) is 3.25. The number of halogens is 3. The van der Waals surface area contributed by atoms with Crippen molar-refractivity contribution >= 4 is 39.1 Å². The molecule has 0 aliphatic carbocycles. The second kappa shape index (κ2) is 6.88. The van der Waals surface area contributed by atoms with E-state index in [0.29, 0.717) is 37.1 Å². The zero-order valence-electron chi connectivity index (χ0n) is 11.4. The van der Waals surface area contributed by atoms with Gasteiger partial charge in [0.2, 0.25) is 0 Å². The van der Waals surface area contributed by atoms with E-state index < -0.39 is 6.10 Å². The molecule has 0 fully saturated rings. The summed E-state index contributed by atoms with van der Waals surface area (Å²) in [5, 5.41) is 11.5. The Balaban J connectivity index is 2.52. The van der Waals surface area contributed by atoms with Crippen LogP contribution in [-0.4, -0.2) is 19.3 Å². The third-order valence-electron chi connectivity index (χ3n) is 3.07. The Bertz CT molecular complexity index is 662. The summed E-state index contributed by atoms with van der Waals surface area (Å²) in [6.45, 7) is 0. The van der Waals surface area contributed by atoms with Crippen molar-refractivity contribution in [3.8, 4) is 11.5 Å². The molecule has 0 bridgehead atoms. The van der Waals surface area contributed by atoms with Gasteiger partial charge in [0.25, 0.3) is 0 Å². The van der Waals surface area contributed by atoms with Crippen molar-refractivity contribution in [1.82, 2.24) is 0 Å². The largest absolute Gasteiger partial charge is 0.495 e. The van der Waals surface area contributed by atoms with Crippen molar-refractivity contribution in [2.75, 3.05) is 14.2 Å². The Kier molecular flexibility index (Phi) is 5.38. The third-order valence-corrected chi connectivity index (χ3v) is 4.35. The fraction of sp³-hybridized carbons (Fsp3) is 0.200. The smallest absolute Gasteiger partial charge is 0.147 e. The average molecular weight is 392 g/mol. The van der Waals surface area contributed by atoms with Crippen molar-refractivity contribution in [3.05, 3.63) is 56.0 Å². The molecule has 6 heteroatoms. The van der Waals surface area contributed by atoms with Crippen LogP contribution < -0.4 is 9.47 Å². The number of ether oxygens (including phenoxy) is 2. The molecule has 0 saturated carbocycles. The minimum atomic E-state index is -0.907. The van der Waals surface area contributed by atoms with Gasteiger partial charge in [-0.15, -0.1) is 0 Å². The van der Waals surface area contributed by atoms with E-state index in [-0.39, 0.29) is 0 Å². The van der Waals surface area contributed by atoms with Gasteiger partial charge in [-0.25, -0.2) is 0 Å². The second-order valence-electron chi connectivity index (χ2n) is 4.27. The molecule has 112 valence electrons. The number of hydrogen-bond acceptors (Lipinski definition) is 3. The average Bonchev–Trinajstić information content (AvgIpc) is 2.46. The Labute approximate surface area is 141 Å². The summed E-state index contributed by atoms with van der Waals surface area (Å²) in [4.78, 5) is 0. The number of aliphatic hydroxyl groups is 1. The lowest BCUT2D eigenvalue weighted by atomic mass is 10.0. The van der Waals surface area contributed by atoms with E-state index in [2.05, 4.69) is 15.9 Å². The van der Waals surface area contributed by atoms with Crippen molar-refractivity contribution in [1.29, 1.82) is 0 Å². The Morgan fingerprint density at radius 1 is 1.05 bits per heavy atom. The minimum Gasteiger partial charge on any atom is -0.495 e. The zero-order chi connectivity index (χ0) is 15.6. The molecule has 2 aromatic carbocycles. The van der Waals surface area contributed by atoms with E-state index in [9.17, 15) is 5.11 Å². The van der Waals surface area contributed by atoms with Gasteiger partial charge in [0.05, 0.1) is 14.2 Å². The van der Waals surface area contributed by atoms with Gasteiger partial charge < -0.3 is 14.6 Å². The number of hydrogen-bond donors (Lipinski definition) is 1. The van der Waals surface area contributed by atoms with Gasteiger partial charge in [0, 0.05) is 15.1 Å². The van der Waals surface area contributed by atoms with Crippen molar-refractivity contribution < 1.29 is 14.6 Å². The van der Waals surface area contributed by atoms with Gasteiger partial charge in [-0.05, 0) is 29.8 Å². The SMILES string of the molecule is COc1ccc(C(O)c2ccc(Cl)cc2Br)c(OC)c1Cl. The lowest BCUT2D eigenvalue weighted by Crippen LogP contribution is -2.04. The van der Waals surface area contributed by atoms with Crippen LogP contribution in [0.2, 0.25) is 10.0 Å². The molecule has 0 amide bonds. The first-order valence-corrected chi connectivity index (χ1v) is 7.57. The molecule has 2 aromatic rings. The number of aliphatic hydroxyl groups excluding tert-OH is 1. The van der Waals surface area contributed by atoms with E-state index in [4.69, 9.17) is 32.7 Å². The first-order valence-electron chi connectivity index (χ1n) is 6.03. The van der Waals surface area contributed by atoms with Crippen LogP contribution in [-0.2, 0) is 0 Å². The highest BCUT2D eigenvalue weighted by Gasteiger charge is 2.22. The van der Waals surface area contributed by atoms with E-state index in [1.54, 1.807) is 30.3 Å². The summed E-state index contributed by atoms with van der Waals surface area (Å²) in [6, 6.07) is 8.58. The zero-order valence-corrected chi connectivity index (χ0v) is 14.5. The first-order chi connectivity index (χ1) is 9.99. The summed E-state index contributed by atoms with van der Waals surface area (Å²) in [5.74, 6) is 0.866. The molecule has 2 rings (SSSR count). The standard InChI is InChI=1S/C15H13BrCl2O3/c1-20-12-6-5-10(15(21-2)13(12)18)14(19)9-4-3-8(17)7-11(9)16/h3-7,14,19H,1-2H3. The third kappa shape index (κ3) is 3.29. The van der Waals surface area contributed by atoms with Gasteiger partial charge in [-0.1, -0.05) is 45.2 Å². The highest BCUT2D eigenvalue weighted by atomic mass is 79.9. The molecule has 0 saturated heterocycles. The van der Waals surface area contributed by atoms with Crippen LogP contribution in [0.15, 0.2) is 34.8 Å². The highest BCUT2D eigenvalue weighted by molar-refractivity contribution is 9.10. The predicted molar refractivity (Wildman–Crippen MR) is 87.8 cm³/mol. The van der Waals surface area contributed by atoms with E-state index in [1.807, 2.05) is 0 Å². The van der Waals surface area contributed by atoms with Crippen LogP contribution >= 0.6 is 39.1 Å². The molecule has 3 nitrogen and oxygen atoms in total. The molecular weight excluding hydrogens is 379 g/mol. The molecule has 0 aliphatic heterocycles. The van der Waals surface area contributed by atoms with Crippen LogP contribution in [0.1, 0.15) is 17.2 Å². The topological polar surface area (TPSA) is 38.7 Å². The maximum atomic E-state index is 10.6. The Morgan fingerprint density at radius 2 is 1.71 bits per heavy atom. The normalized spacial score (nSPS) is 12.1. The lowest BCUT2D eigenvalue weighted by Gasteiger charge is -2.18. The molecule has 21 heavy (non-hydrogen) atoms. The predicted octanol–water partition coefficient (Wildman–Crippen LogP) is 4.85. The van der Waals surface area contributed by atoms with E-state index in [1.165, 1.54) is 14.2 Å². The molecule has 1 unspecified atom stereocenters. The van der Waals surface area contributed by atoms with Gasteiger partial charge in [0.15, 0.2) is 0 Å². The van der Waals surface area contributed by atoms with Gasteiger partial charge in [0.1, 0.15) is 22.6 Å². The van der Waals surface area contributed by atoms with Crippen molar-refractivity contribution in [2.45, 2.75) is 6.10 Å². The van der Waals surface area contributed by atoms with Crippen LogP contribution in [0.3, 0.4) is 0 Å². The molecule has 0 spiro atoms. The van der Waals surface area contributed by atoms with Gasteiger partial charge >= 0.3 is 0 Å². The van der Waals surface area contributed by atoms with E-state index in [0.717, 1.165) is 0 Å². The Hall–Kier alpha value is -0.940. The summed E-state index contributed by atoms with van der Waals surface area (Å²) >= 11 is 15.5. The molecule has 1 atom stereocenters. The molecular formula is C15H13BrCl2O3. The van der Waals surface area contributed by atoms with Crippen LogP contribution in [0.4, 0.5) is 0 Å². The molecule has 0 radical (unpaired) electrons. The highest BCUT2D eigenvalue weighted by Crippen LogP contribution is 2.42. The van der Waals surface area contributed by atoms with Crippen molar-refractivity contribution in [2.24, 2.45) is 0 Å². The maximum absolute atomic E-state index is 10.6. The number of methoxy groups -OCH3 is 2. The molecule has 0 aromatic heterocycles. The van der Waals surface area contributed by atoms with Crippen LogP contribution in [0.5, 0.6) is 11.5 Å². The number of rotatable bonds is 4. The quantitative estimate of drug-likeness (QED) is 0.809. The molecule has 1 N–H and O–H groups in total. The van der Waals surface area contributed by atoms with Gasteiger partial charge in [-0.2, -0.15) is 0 Å². The maximum Gasteiger partial charge on any atom is 0.147 e. The lowest BCUT2D eigenvalue weighted by molar-refractivity contribution is 0.214. The summed E-state index contributed by atoms with van der Waals surface area (Å²) in [5.41, 5.74) is 1.21. The fourth-order valence-electron chi connectivity index (χ4n) is 2.02. The van der Waals surface area contributed by atoms with Crippen molar-refractivity contribution in [3.63, 3.8) is 0 Å². The summed E-state index contributed by atoms with van der Waals surface area (Å²) in [6.07, 6.45) is -0.907. The number of benzene rings is 2.